The second-order valence-electron chi connectivity index (χ2n) is 3.80. The molecule has 0 amide bonds. The minimum Gasteiger partial charge on any atom is -0.367 e. The number of aromatic nitrogens is 1. The first-order valence-corrected chi connectivity index (χ1v) is 5.73. The van der Waals surface area contributed by atoms with E-state index in [9.17, 15) is 0 Å². The zero-order valence-electron chi connectivity index (χ0n) is 8.29. The lowest BCUT2D eigenvalue weighted by molar-refractivity contribution is 0.506. The molecule has 0 bridgehead atoms. The lowest BCUT2D eigenvalue weighted by atomic mass is 10.1. The van der Waals surface area contributed by atoms with Crippen molar-refractivity contribution in [2.24, 2.45) is 5.73 Å². The minimum absolute atomic E-state index is 0.207. The van der Waals surface area contributed by atoms with E-state index in [0.717, 1.165) is 31.6 Å². The Bertz CT molecular complexity index is 336. The Kier molecular flexibility index (Phi) is 3.34. The van der Waals surface area contributed by atoms with Gasteiger partial charge in [-0.25, -0.2) is 0 Å². The van der Waals surface area contributed by atoms with Crippen molar-refractivity contribution in [1.29, 1.82) is 0 Å². The van der Waals surface area contributed by atoms with Gasteiger partial charge in [0.2, 0.25) is 0 Å². The van der Waals surface area contributed by atoms with Crippen LogP contribution in [-0.2, 0) is 0 Å². The number of hydrogen-bond donors (Lipinski definition) is 1. The molecule has 0 saturated carbocycles. The molecule has 2 heterocycles. The second kappa shape index (κ2) is 4.56. The van der Waals surface area contributed by atoms with Gasteiger partial charge in [-0.15, -0.1) is 0 Å². The summed E-state index contributed by atoms with van der Waals surface area (Å²) in [4.78, 5) is 6.08. The molecule has 15 heavy (non-hydrogen) atoms. The lowest BCUT2D eigenvalue weighted by Gasteiger charge is -2.33. The van der Waals surface area contributed by atoms with E-state index < -0.39 is 0 Å². The van der Waals surface area contributed by atoms with E-state index in [-0.39, 0.29) is 6.04 Å². The van der Waals surface area contributed by atoms with E-state index in [1.54, 1.807) is 12.4 Å². The topological polar surface area (TPSA) is 42.1 Å². The molecule has 0 aliphatic carbocycles. The molecule has 0 radical (unpaired) electrons. The van der Waals surface area contributed by atoms with Crippen LogP contribution in [0.25, 0.3) is 0 Å². The lowest BCUT2D eigenvalue weighted by Crippen LogP contribution is -2.43. The average molecular weight is 246 g/mol. The van der Waals surface area contributed by atoms with Crippen LogP contribution in [0.15, 0.2) is 12.4 Å². The van der Waals surface area contributed by atoms with E-state index in [2.05, 4.69) is 9.88 Å². The monoisotopic (exact) mass is 245 g/mol. The van der Waals surface area contributed by atoms with E-state index in [1.807, 2.05) is 0 Å². The van der Waals surface area contributed by atoms with Crippen LogP contribution in [0.5, 0.6) is 0 Å². The summed E-state index contributed by atoms with van der Waals surface area (Å²) in [5.74, 6) is 0. The summed E-state index contributed by atoms with van der Waals surface area (Å²) in [6.07, 6.45) is 5.37. The number of nitrogens with zero attached hydrogens (tertiary/aromatic N) is 2. The molecule has 1 aromatic rings. The van der Waals surface area contributed by atoms with Crippen molar-refractivity contribution < 1.29 is 0 Å². The number of piperidine rings is 1. The summed E-state index contributed by atoms with van der Waals surface area (Å²) in [5, 5.41) is 1.19. The normalized spacial score (nSPS) is 21.8. The second-order valence-corrected chi connectivity index (χ2v) is 4.61. The van der Waals surface area contributed by atoms with Crippen molar-refractivity contribution in [1.82, 2.24) is 4.98 Å². The first-order chi connectivity index (χ1) is 7.18. The molecule has 2 rings (SSSR count). The third kappa shape index (κ3) is 2.36. The highest BCUT2D eigenvalue weighted by Crippen LogP contribution is 2.33. The smallest absolute Gasteiger partial charge is 0.0838 e. The molecule has 1 aromatic heterocycles. The van der Waals surface area contributed by atoms with Gasteiger partial charge in [-0.05, 0) is 12.8 Å². The number of rotatable bonds is 1. The zero-order chi connectivity index (χ0) is 10.8. The van der Waals surface area contributed by atoms with Gasteiger partial charge in [-0.1, -0.05) is 23.2 Å². The van der Waals surface area contributed by atoms with Crippen LogP contribution in [0.1, 0.15) is 12.8 Å². The molecule has 2 N–H and O–H groups in total. The van der Waals surface area contributed by atoms with Crippen LogP contribution in [0, 0.1) is 0 Å². The molecular weight excluding hydrogens is 233 g/mol. The van der Waals surface area contributed by atoms with Gasteiger partial charge in [0.25, 0.3) is 0 Å². The summed E-state index contributed by atoms with van der Waals surface area (Å²) in [6.45, 7) is 1.76. The Morgan fingerprint density at radius 2 is 2.00 bits per heavy atom. The molecule has 1 saturated heterocycles. The van der Waals surface area contributed by atoms with Crippen LogP contribution < -0.4 is 10.6 Å². The predicted octanol–water partition coefficient (Wildman–Crippen LogP) is 2.32. The van der Waals surface area contributed by atoms with E-state index in [4.69, 9.17) is 28.9 Å². The summed E-state index contributed by atoms with van der Waals surface area (Å²) in [6, 6.07) is 0.207. The Balaban J connectivity index is 2.28. The van der Waals surface area contributed by atoms with Gasteiger partial charge in [0.1, 0.15) is 0 Å². The summed E-state index contributed by atoms with van der Waals surface area (Å²) in [5.41, 5.74) is 6.78. The molecule has 1 aliphatic heterocycles. The highest BCUT2D eigenvalue weighted by atomic mass is 35.5. The molecule has 1 unspecified atom stereocenters. The summed E-state index contributed by atoms with van der Waals surface area (Å²) >= 11 is 12.2. The maximum atomic E-state index is 6.08. The number of halogens is 2. The standard InChI is InChI=1S/C10H13Cl2N3/c11-8-4-14-5-9(12)10(8)15-3-1-2-7(13)6-15/h4-5,7H,1-3,6,13H2. The van der Waals surface area contributed by atoms with Crippen LogP contribution in [0.2, 0.25) is 10.0 Å². The van der Waals surface area contributed by atoms with Crippen molar-refractivity contribution in [2.45, 2.75) is 18.9 Å². The molecule has 5 heteroatoms. The zero-order valence-corrected chi connectivity index (χ0v) is 9.80. The highest BCUT2D eigenvalue weighted by Gasteiger charge is 2.20. The molecule has 82 valence electrons. The molecule has 0 spiro atoms. The van der Waals surface area contributed by atoms with Crippen LogP contribution in [0.3, 0.4) is 0 Å². The fourth-order valence-electron chi connectivity index (χ4n) is 1.92. The van der Waals surface area contributed by atoms with Gasteiger partial charge in [0, 0.05) is 31.5 Å². The molecule has 1 aliphatic rings. The molecule has 3 nitrogen and oxygen atoms in total. The van der Waals surface area contributed by atoms with E-state index in [0.29, 0.717) is 10.0 Å². The molecule has 1 fully saturated rings. The summed E-state index contributed by atoms with van der Waals surface area (Å²) in [7, 11) is 0. The van der Waals surface area contributed by atoms with Crippen molar-refractivity contribution in [3.8, 4) is 0 Å². The minimum atomic E-state index is 0.207. The van der Waals surface area contributed by atoms with Crippen LogP contribution in [-0.4, -0.2) is 24.1 Å². The quantitative estimate of drug-likeness (QED) is 0.826. The molecule has 0 aromatic carbocycles. The Morgan fingerprint density at radius 1 is 1.33 bits per heavy atom. The van der Waals surface area contributed by atoms with Crippen molar-refractivity contribution >= 4 is 28.9 Å². The first-order valence-electron chi connectivity index (χ1n) is 4.98. The van der Waals surface area contributed by atoms with Crippen LogP contribution >= 0.6 is 23.2 Å². The Hall–Kier alpha value is -0.510. The van der Waals surface area contributed by atoms with Crippen LogP contribution in [0.4, 0.5) is 5.69 Å². The van der Waals surface area contributed by atoms with Crippen molar-refractivity contribution in [2.75, 3.05) is 18.0 Å². The SMILES string of the molecule is NC1CCCN(c2c(Cl)cncc2Cl)C1. The highest BCUT2D eigenvalue weighted by molar-refractivity contribution is 6.38. The van der Waals surface area contributed by atoms with Gasteiger partial charge in [-0.2, -0.15) is 0 Å². The van der Waals surface area contributed by atoms with Crippen molar-refractivity contribution in [3.05, 3.63) is 22.4 Å². The van der Waals surface area contributed by atoms with Gasteiger partial charge >= 0.3 is 0 Å². The molecular formula is C10H13Cl2N3. The largest absolute Gasteiger partial charge is 0.367 e. The maximum Gasteiger partial charge on any atom is 0.0838 e. The number of anilines is 1. The molecule has 1 atom stereocenters. The third-order valence-electron chi connectivity index (χ3n) is 2.60. The predicted molar refractivity (Wildman–Crippen MR) is 63.7 cm³/mol. The Labute approximate surface area is 99.2 Å². The third-order valence-corrected chi connectivity index (χ3v) is 3.16. The van der Waals surface area contributed by atoms with Gasteiger partial charge in [0.15, 0.2) is 0 Å². The fourth-order valence-corrected chi connectivity index (χ4v) is 2.52. The number of pyridine rings is 1. The van der Waals surface area contributed by atoms with Gasteiger partial charge < -0.3 is 10.6 Å². The number of hydrogen-bond acceptors (Lipinski definition) is 3. The van der Waals surface area contributed by atoms with E-state index in [1.165, 1.54) is 0 Å². The van der Waals surface area contributed by atoms with Gasteiger partial charge in [0.05, 0.1) is 15.7 Å². The fraction of sp³-hybridized carbons (Fsp3) is 0.500. The van der Waals surface area contributed by atoms with Gasteiger partial charge in [-0.3, -0.25) is 4.98 Å². The summed E-state index contributed by atoms with van der Waals surface area (Å²) < 4.78 is 0. The average Bonchev–Trinajstić information content (AvgIpc) is 2.17. The van der Waals surface area contributed by atoms with Crippen molar-refractivity contribution in [3.63, 3.8) is 0 Å². The Morgan fingerprint density at radius 3 is 2.60 bits per heavy atom. The first kappa shape index (κ1) is 11.0. The number of nitrogens with two attached hydrogens (primary N) is 1. The van der Waals surface area contributed by atoms with E-state index >= 15 is 0 Å². The maximum absolute atomic E-state index is 6.08.